The van der Waals surface area contributed by atoms with E-state index in [1.54, 1.807) is 6.20 Å². The van der Waals surface area contributed by atoms with Crippen molar-refractivity contribution in [3.8, 4) is 0 Å². The molecule has 0 aliphatic carbocycles. The first kappa shape index (κ1) is 15.6. The molecule has 0 saturated carbocycles. The van der Waals surface area contributed by atoms with Crippen molar-refractivity contribution in [1.82, 2.24) is 9.88 Å². The number of amides is 1. The Bertz CT molecular complexity index is 573. The van der Waals surface area contributed by atoms with Crippen LogP contribution in [0.3, 0.4) is 0 Å². The number of fused-ring (bicyclic) bond motifs is 1. The number of halogens is 1. The summed E-state index contributed by atoms with van der Waals surface area (Å²) in [6, 6.07) is 2.45. The van der Waals surface area contributed by atoms with Crippen LogP contribution in [0.25, 0.3) is 0 Å². The van der Waals surface area contributed by atoms with E-state index in [4.69, 9.17) is 4.74 Å². The summed E-state index contributed by atoms with van der Waals surface area (Å²) in [5, 5.41) is 0. The monoisotopic (exact) mass is 367 g/mol. The summed E-state index contributed by atoms with van der Waals surface area (Å²) >= 11 is 3.48. The number of aromatic nitrogens is 1. The highest BCUT2D eigenvalue weighted by Gasteiger charge is 2.44. The topological polar surface area (TPSA) is 45.7 Å². The lowest BCUT2D eigenvalue weighted by atomic mass is 10.1. The molecule has 6 heteroatoms. The molecule has 1 aromatic heterocycles. The van der Waals surface area contributed by atoms with Gasteiger partial charge in [-0.25, -0.2) is 4.79 Å². The third-order valence-electron chi connectivity index (χ3n) is 4.22. The van der Waals surface area contributed by atoms with Crippen molar-refractivity contribution in [2.24, 2.45) is 5.92 Å². The zero-order valence-electron chi connectivity index (χ0n) is 13.3. The Kier molecular flexibility index (Phi) is 4.05. The van der Waals surface area contributed by atoms with Crippen LogP contribution < -0.4 is 4.90 Å². The van der Waals surface area contributed by atoms with Crippen molar-refractivity contribution < 1.29 is 9.53 Å². The number of nitrogens with zero attached hydrogens (tertiary/aromatic N) is 3. The first-order valence-corrected chi connectivity index (χ1v) is 8.48. The van der Waals surface area contributed by atoms with Crippen LogP contribution in [0, 0.1) is 5.92 Å². The van der Waals surface area contributed by atoms with Gasteiger partial charge in [-0.2, -0.15) is 0 Å². The van der Waals surface area contributed by atoms with Gasteiger partial charge in [0.25, 0.3) is 0 Å². The van der Waals surface area contributed by atoms with Gasteiger partial charge in [0.1, 0.15) is 5.60 Å². The van der Waals surface area contributed by atoms with Crippen molar-refractivity contribution in [2.75, 3.05) is 24.5 Å². The number of carbonyl (C=O) groups is 1. The maximum absolute atomic E-state index is 12.3. The molecule has 0 spiro atoms. The molecule has 1 aromatic rings. The van der Waals surface area contributed by atoms with Crippen molar-refractivity contribution in [2.45, 2.75) is 38.8 Å². The van der Waals surface area contributed by atoms with Crippen molar-refractivity contribution in [1.29, 1.82) is 0 Å². The predicted octanol–water partition coefficient (Wildman–Crippen LogP) is 3.29. The van der Waals surface area contributed by atoms with E-state index in [1.165, 1.54) is 0 Å². The second-order valence-electron chi connectivity index (χ2n) is 7.06. The van der Waals surface area contributed by atoms with Crippen LogP contribution in [0.5, 0.6) is 0 Å². The van der Waals surface area contributed by atoms with E-state index in [0.717, 1.165) is 36.2 Å². The molecular weight excluding hydrogens is 346 g/mol. The zero-order valence-corrected chi connectivity index (χ0v) is 14.8. The van der Waals surface area contributed by atoms with Crippen molar-refractivity contribution >= 4 is 27.7 Å². The maximum Gasteiger partial charge on any atom is 0.410 e. The first-order chi connectivity index (χ1) is 10.3. The van der Waals surface area contributed by atoms with Gasteiger partial charge in [-0.05, 0) is 49.2 Å². The number of anilines is 1. The van der Waals surface area contributed by atoms with Crippen LogP contribution in [0.15, 0.2) is 22.9 Å². The van der Waals surface area contributed by atoms with Gasteiger partial charge >= 0.3 is 6.09 Å². The third kappa shape index (κ3) is 3.21. The molecule has 0 unspecified atom stereocenters. The molecule has 3 heterocycles. The highest BCUT2D eigenvalue weighted by Crippen LogP contribution is 2.35. The summed E-state index contributed by atoms with van der Waals surface area (Å²) in [4.78, 5) is 20.7. The van der Waals surface area contributed by atoms with Gasteiger partial charge in [0.15, 0.2) is 0 Å². The molecule has 2 aliphatic heterocycles. The lowest BCUT2D eigenvalue weighted by molar-refractivity contribution is 0.0284. The summed E-state index contributed by atoms with van der Waals surface area (Å²) < 4.78 is 6.48. The smallest absolute Gasteiger partial charge is 0.410 e. The van der Waals surface area contributed by atoms with Gasteiger partial charge in [0.05, 0.1) is 17.9 Å². The fourth-order valence-electron chi connectivity index (χ4n) is 3.32. The molecule has 5 nitrogen and oxygen atoms in total. The average Bonchev–Trinajstić information content (AvgIpc) is 2.95. The van der Waals surface area contributed by atoms with Crippen LogP contribution in [0.2, 0.25) is 0 Å². The Morgan fingerprint density at radius 3 is 2.82 bits per heavy atom. The van der Waals surface area contributed by atoms with E-state index in [9.17, 15) is 4.79 Å². The van der Waals surface area contributed by atoms with Crippen LogP contribution >= 0.6 is 15.9 Å². The fraction of sp³-hybridized carbons (Fsp3) is 0.625. The van der Waals surface area contributed by atoms with E-state index >= 15 is 0 Å². The molecule has 0 radical (unpaired) electrons. The SMILES string of the molecule is CC(C)(C)OC(=O)N1C[C@@H]2CCN(c3cncc(Br)c3)[C@@H]2C1. The predicted molar refractivity (Wildman–Crippen MR) is 89.0 cm³/mol. The molecule has 2 aliphatic rings. The Balaban J connectivity index is 1.70. The number of carbonyl (C=O) groups excluding carboxylic acids is 1. The summed E-state index contributed by atoms with van der Waals surface area (Å²) in [5.74, 6) is 0.520. The largest absolute Gasteiger partial charge is 0.444 e. The Morgan fingerprint density at radius 1 is 1.36 bits per heavy atom. The standard InChI is InChI=1S/C16H22BrN3O2/c1-16(2,3)22-15(21)19-9-11-4-5-20(14(11)10-19)13-6-12(17)7-18-8-13/h6-8,11,14H,4-5,9-10H2,1-3H3/t11-,14+/m0/s1. The highest BCUT2D eigenvalue weighted by atomic mass is 79.9. The maximum atomic E-state index is 12.3. The molecule has 0 aromatic carbocycles. The highest BCUT2D eigenvalue weighted by molar-refractivity contribution is 9.10. The first-order valence-electron chi connectivity index (χ1n) is 7.68. The van der Waals surface area contributed by atoms with Gasteiger partial charge in [-0.1, -0.05) is 0 Å². The normalized spacial score (nSPS) is 24.5. The van der Waals surface area contributed by atoms with Gasteiger partial charge in [-0.3, -0.25) is 4.98 Å². The number of hydrogen-bond acceptors (Lipinski definition) is 4. The molecule has 3 rings (SSSR count). The molecule has 2 fully saturated rings. The van der Waals surface area contributed by atoms with Crippen LogP contribution in [-0.2, 0) is 4.74 Å². The lowest BCUT2D eigenvalue weighted by Gasteiger charge is -2.28. The molecule has 0 bridgehead atoms. The Labute approximate surface area is 139 Å². The zero-order chi connectivity index (χ0) is 15.9. The van der Waals surface area contributed by atoms with E-state index in [0.29, 0.717) is 12.0 Å². The summed E-state index contributed by atoms with van der Waals surface area (Å²) in [6.45, 7) is 8.25. The minimum Gasteiger partial charge on any atom is -0.444 e. The lowest BCUT2D eigenvalue weighted by Crippen LogP contribution is -2.39. The number of likely N-dealkylation sites (tertiary alicyclic amines) is 1. The Morgan fingerprint density at radius 2 is 2.14 bits per heavy atom. The summed E-state index contributed by atoms with van der Waals surface area (Å²) in [7, 11) is 0. The summed E-state index contributed by atoms with van der Waals surface area (Å²) in [6.07, 6.45) is 4.59. The van der Waals surface area contributed by atoms with Crippen LogP contribution in [0.1, 0.15) is 27.2 Å². The number of ether oxygens (including phenoxy) is 1. The second-order valence-corrected chi connectivity index (χ2v) is 7.97. The van der Waals surface area contributed by atoms with E-state index in [2.05, 4.69) is 31.9 Å². The van der Waals surface area contributed by atoms with Crippen molar-refractivity contribution in [3.63, 3.8) is 0 Å². The van der Waals surface area contributed by atoms with Gasteiger partial charge in [-0.15, -0.1) is 0 Å². The van der Waals surface area contributed by atoms with Gasteiger partial charge < -0.3 is 14.5 Å². The van der Waals surface area contributed by atoms with Crippen molar-refractivity contribution in [3.05, 3.63) is 22.9 Å². The minimum atomic E-state index is -0.442. The number of pyridine rings is 1. The molecule has 0 N–H and O–H groups in total. The quantitative estimate of drug-likeness (QED) is 0.763. The molecule has 2 saturated heterocycles. The summed E-state index contributed by atoms with van der Waals surface area (Å²) in [5.41, 5.74) is 0.677. The molecule has 120 valence electrons. The van der Waals surface area contributed by atoms with Gasteiger partial charge in [0.2, 0.25) is 0 Å². The number of hydrogen-bond donors (Lipinski definition) is 0. The van der Waals surface area contributed by atoms with E-state index < -0.39 is 5.60 Å². The molecule has 2 atom stereocenters. The van der Waals surface area contributed by atoms with Crippen LogP contribution in [-0.4, -0.2) is 47.3 Å². The Hall–Kier alpha value is -1.30. The van der Waals surface area contributed by atoms with E-state index in [1.807, 2.05) is 31.9 Å². The average molecular weight is 368 g/mol. The molecular formula is C16H22BrN3O2. The number of rotatable bonds is 1. The third-order valence-corrected chi connectivity index (χ3v) is 4.66. The molecule has 22 heavy (non-hydrogen) atoms. The minimum absolute atomic E-state index is 0.200. The van der Waals surface area contributed by atoms with Crippen LogP contribution in [0.4, 0.5) is 10.5 Å². The van der Waals surface area contributed by atoms with E-state index in [-0.39, 0.29) is 6.09 Å². The fourth-order valence-corrected chi connectivity index (χ4v) is 3.67. The second kappa shape index (κ2) is 5.72. The molecule has 1 amide bonds. The van der Waals surface area contributed by atoms with Gasteiger partial charge in [0, 0.05) is 36.2 Å².